The number of nitrogens with one attached hydrogen (secondary N) is 2. The van der Waals surface area contributed by atoms with E-state index < -0.39 is 0 Å². The highest BCUT2D eigenvalue weighted by Gasteiger charge is 2.24. The average Bonchev–Trinajstić information content (AvgIpc) is 3.34. The minimum Gasteiger partial charge on any atom is -0.425 e. The predicted molar refractivity (Wildman–Crippen MR) is 110 cm³/mol. The first-order valence-corrected chi connectivity index (χ1v) is 10.1. The van der Waals surface area contributed by atoms with E-state index in [9.17, 15) is 4.79 Å². The summed E-state index contributed by atoms with van der Waals surface area (Å²) < 4.78 is 5.64. The van der Waals surface area contributed by atoms with Gasteiger partial charge in [-0.05, 0) is 54.6 Å². The van der Waals surface area contributed by atoms with E-state index in [0.29, 0.717) is 5.75 Å². The average molecular weight is 377 g/mol. The molecule has 1 aliphatic rings. The van der Waals surface area contributed by atoms with Gasteiger partial charge in [-0.25, -0.2) is 4.79 Å². The molecule has 5 rings (SSSR count). The second kappa shape index (κ2) is 6.25. The lowest BCUT2D eigenvalue weighted by atomic mass is 9.97. The molecule has 4 aromatic rings. The van der Waals surface area contributed by atoms with E-state index in [4.69, 9.17) is 4.74 Å². The van der Waals surface area contributed by atoms with E-state index in [1.807, 2.05) is 30.6 Å². The number of aryl methyl sites for hydroxylation is 2. The van der Waals surface area contributed by atoms with Crippen LogP contribution in [0.3, 0.4) is 0 Å². The fraction of sp³-hybridized carbons (Fsp3) is 0.238. The molecular weight excluding hydrogens is 358 g/mol. The Morgan fingerprint density at radius 2 is 2.07 bits per heavy atom. The predicted octanol–water partition coefficient (Wildman–Crippen LogP) is 4.05. The second-order valence-corrected chi connectivity index (χ2v) is 7.98. The van der Waals surface area contributed by atoms with Crippen LogP contribution in [0.15, 0.2) is 36.7 Å². The Balaban J connectivity index is 1.67. The number of carbonyl (C=O) groups excluding carboxylic acids is 1. The van der Waals surface area contributed by atoms with Crippen LogP contribution >= 0.6 is 11.8 Å². The Labute approximate surface area is 160 Å². The van der Waals surface area contributed by atoms with Crippen LogP contribution in [0.1, 0.15) is 11.1 Å². The lowest BCUT2D eigenvalue weighted by Gasteiger charge is -2.10. The molecule has 1 fully saturated rings. The van der Waals surface area contributed by atoms with Crippen LogP contribution in [-0.2, 0) is 4.79 Å². The van der Waals surface area contributed by atoms with Gasteiger partial charge in [-0.1, -0.05) is 0 Å². The molecular formula is C21H19N3O2S. The molecule has 0 amide bonds. The van der Waals surface area contributed by atoms with Crippen molar-refractivity contribution in [1.29, 1.82) is 0 Å². The van der Waals surface area contributed by atoms with Crippen molar-refractivity contribution in [3.63, 3.8) is 0 Å². The van der Waals surface area contributed by atoms with E-state index in [0.717, 1.165) is 38.8 Å². The number of H-pyrrole nitrogens is 1. The van der Waals surface area contributed by atoms with Gasteiger partial charge in [0.25, 0.3) is 0 Å². The highest BCUT2D eigenvalue weighted by atomic mass is 32.2. The van der Waals surface area contributed by atoms with E-state index >= 15 is 0 Å². The Bertz CT molecular complexity index is 1210. The topological polar surface area (TPSA) is 67.0 Å². The van der Waals surface area contributed by atoms with Crippen LogP contribution in [0.4, 0.5) is 0 Å². The molecule has 1 saturated heterocycles. The molecule has 3 heterocycles. The zero-order valence-corrected chi connectivity index (χ0v) is 15.9. The summed E-state index contributed by atoms with van der Waals surface area (Å²) >= 11 is 1.71. The van der Waals surface area contributed by atoms with Gasteiger partial charge in [-0.3, -0.25) is 10.3 Å². The van der Waals surface area contributed by atoms with Crippen molar-refractivity contribution in [1.82, 2.24) is 15.3 Å². The molecule has 6 heteroatoms. The molecule has 2 aromatic heterocycles. The van der Waals surface area contributed by atoms with Gasteiger partial charge in [-0.15, -0.1) is 11.8 Å². The molecule has 2 aromatic carbocycles. The third-order valence-electron chi connectivity index (χ3n) is 5.37. The zero-order valence-electron chi connectivity index (χ0n) is 15.1. The maximum atomic E-state index is 12.3. The Kier molecular flexibility index (Phi) is 3.84. The first-order valence-electron chi connectivity index (χ1n) is 8.94. The Hall–Kier alpha value is -2.57. The Morgan fingerprint density at radius 1 is 1.19 bits per heavy atom. The standard InChI is InChI=1S/C21H19N3O2S/c1-11-16-8-22-6-5-14(16)12(2)20-19(11)15-7-13(3-4-17(15)24-20)26-21(25)18-9-27-10-23-18/h3-8,18,23-24H,9-10H2,1-2H3/t18-/m0/s1. The monoisotopic (exact) mass is 377 g/mol. The zero-order chi connectivity index (χ0) is 18.5. The maximum absolute atomic E-state index is 12.3. The van der Waals surface area contributed by atoms with E-state index in [1.165, 1.54) is 16.5 Å². The van der Waals surface area contributed by atoms with Crippen molar-refractivity contribution in [3.8, 4) is 5.75 Å². The molecule has 2 N–H and O–H groups in total. The number of carbonyl (C=O) groups is 1. The molecule has 0 bridgehead atoms. The normalized spacial score (nSPS) is 17.2. The van der Waals surface area contributed by atoms with Gasteiger partial charge >= 0.3 is 5.97 Å². The van der Waals surface area contributed by atoms with Crippen molar-refractivity contribution in [2.45, 2.75) is 19.9 Å². The number of hydrogen-bond acceptors (Lipinski definition) is 5. The molecule has 1 atom stereocenters. The number of fused-ring (bicyclic) bond motifs is 4. The van der Waals surface area contributed by atoms with Crippen molar-refractivity contribution >= 4 is 50.3 Å². The number of ether oxygens (including phenoxy) is 1. The van der Waals surface area contributed by atoms with Gasteiger partial charge < -0.3 is 9.72 Å². The van der Waals surface area contributed by atoms with Crippen LogP contribution in [0, 0.1) is 13.8 Å². The van der Waals surface area contributed by atoms with Gasteiger partial charge in [0.15, 0.2) is 0 Å². The molecule has 0 radical (unpaired) electrons. The number of aromatic amines is 1. The lowest BCUT2D eigenvalue weighted by molar-refractivity contribution is -0.135. The summed E-state index contributed by atoms with van der Waals surface area (Å²) in [5.74, 6) is 1.91. The molecule has 0 unspecified atom stereocenters. The lowest BCUT2D eigenvalue weighted by Crippen LogP contribution is -2.36. The summed E-state index contributed by atoms with van der Waals surface area (Å²) in [6.45, 7) is 4.25. The van der Waals surface area contributed by atoms with Crippen LogP contribution < -0.4 is 10.1 Å². The summed E-state index contributed by atoms with van der Waals surface area (Å²) in [5.41, 5.74) is 4.55. The van der Waals surface area contributed by atoms with Gasteiger partial charge in [0.1, 0.15) is 11.8 Å². The van der Waals surface area contributed by atoms with Crippen molar-refractivity contribution in [2.24, 2.45) is 0 Å². The summed E-state index contributed by atoms with van der Waals surface area (Å²) in [7, 11) is 0. The minimum absolute atomic E-state index is 0.221. The largest absolute Gasteiger partial charge is 0.425 e. The van der Waals surface area contributed by atoms with Crippen LogP contribution in [-0.4, -0.2) is 33.6 Å². The molecule has 1 aliphatic heterocycles. The smallest absolute Gasteiger partial charge is 0.329 e. The molecule has 0 spiro atoms. The molecule has 5 nitrogen and oxygen atoms in total. The summed E-state index contributed by atoms with van der Waals surface area (Å²) in [5, 5.41) is 7.74. The van der Waals surface area contributed by atoms with Crippen LogP contribution in [0.25, 0.3) is 32.6 Å². The van der Waals surface area contributed by atoms with E-state index in [1.54, 1.807) is 11.8 Å². The fourth-order valence-corrected chi connectivity index (χ4v) is 4.86. The first-order chi connectivity index (χ1) is 13.1. The second-order valence-electron chi connectivity index (χ2n) is 6.95. The number of benzene rings is 2. The molecule has 27 heavy (non-hydrogen) atoms. The van der Waals surface area contributed by atoms with Crippen molar-refractivity contribution in [3.05, 3.63) is 47.8 Å². The highest BCUT2D eigenvalue weighted by molar-refractivity contribution is 7.99. The quantitative estimate of drug-likeness (QED) is 0.407. The number of nitrogens with zero attached hydrogens (tertiary/aromatic N) is 1. The fourth-order valence-electron chi connectivity index (χ4n) is 3.93. The summed E-state index contributed by atoms with van der Waals surface area (Å²) in [6.07, 6.45) is 3.75. The van der Waals surface area contributed by atoms with Crippen molar-refractivity contribution < 1.29 is 9.53 Å². The van der Waals surface area contributed by atoms with Gasteiger partial charge in [-0.2, -0.15) is 0 Å². The Morgan fingerprint density at radius 3 is 2.89 bits per heavy atom. The third kappa shape index (κ3) is 2.59. The van der Waals surface area contributed by atoms with Gasteiger partial charge in [0, 0.05) is 45.7 Å². The minimum atomic E-state index is -0.229. The van der Waals surface area contributed by atoms with Crippen LogP contribution in [0.2, 0.25) is 0 Å². The maximum Gasteiger partial charge on any atom is 0.329 e. The number of esters is 1. The summed E-state index contributed by atoms with van der Waals surface area (Å²) in [4.78, 5) is 20.2. The van der Waals surface area contributed by atoms with Crippen molar-refractivity contribution in [2.75, 3.05) is 11.6 Å². The SMILES string of the molecule is Cc1c2ccncc2c(C)c2c1[nH]c1ccc(OC(=O)[C@@H]3CSCN3)cc12. The number of hydrogen-bond donors (Lipinski definition) is 2. The third-order valence-corrected chi connectivity index (χ3v) is 6.31. The highest BCUT2D eigenvalue weighted by Crippen LogP contribution is 2.37. The number of rotatable bonds is 2. The van der Waals surface area contributed by atoms with Crippen LogP contribution in [0.5, 0.6) is 5.75 Å². The first kappa shape index (κ1) is 16.6. The van der Waals surface area contributed by atoms with Gasteiger partial charge in [0.2, 0.25) is 0 Å². The summed E-state index contributed by atoms with van der Waals surface area (Å²) in [6, 6.07) is 7.62. The molecule has 0 aliphatic carbocycles. The molecule has 136 valence electrons. The number of pyridine rings is 1. The number of aromatic nitrogens is 2. The number of thioether (sulfide) groups is 1. The molecule has 0 saturated carbocycles. The van der Waals surface area contributed by atoms with Gasteiger partial charge in [0.05, 0.1) is 5.52 Å². The van der Waals surface area contributed by atoms with E-state index in [-0.39, 0.29) is 12.0 Å². The van der Waals surface area contributed by atoms with E-state index in [2.05, 4.69) is 35.2 Å².